The Morgan fingerprint density at radius 3 is 2.38 bits per heavy atom. The molecular formula is C8H13N5. The van der Waals surface area contributed by atoms with E-state index in [1.807, 2.05) is 18.2 Å². The number of hydrogen-bond acceptors (Lipinski definition) is 5. The molecule has 2 unspecified atom stereocenters. The minimum atomic E-state index is -0.176. The van der Waals surface area contributed by atoms with E-state index in [1.165, 1.54) is 0 Å². The second-order valence-electron chi connectivity index (χ2n) is 3.12. The van der Waals surface area contributed by atoms with Crippen molar-refractivity contribution in [1.82, 2.24) is 15.8 Å². The fraction of sp³-hybridized carbons (Fsp3) is 0.375. The summed E-state index contributed by atoms with van der Waals surface area (Å²) in [4.78, 5) is 4.22. The fourth-order valence-electron chi connectivity index (χ4n) is 1.54. The smallest absolute Gasteiger partial charge is 0.0792 e. The van der Waals surface area contributed by atoms with Gasteiger partial charge in [-0.1, -0.05) is 6.07 Å². The van der Waals surface area contributed by atoms with Gasteiger partial charge in [-0.15, -0.1) is 0 Å². The summed E-state index contributed by atoms with van der Waals surface area (Å²) in [5, 5.41) is 0. The first-order chi connectivity index (χ1) is 6.29. The molecule has 1 aromatic heterocycles. The summed E-state index contributed by atoms with van der Waals surface area (Å²) in [6, 6.07) is 5.73. The molecule has 1 aliphatic rings. The van der Waals surface area contributed by atoms with Crippen LogP contribution < -0.4 is 22.3 Å². The highest BCUT2D eigenvalue weighted by Crippen LogP contribution is 2.19. The summed E-state index contributed by atoms with van der Waals surface area (Å²) >= 11 is 0. The average Bonchev–Trinajstić information content (AvgIpc) is 2.48. The third-order valence-electron chi connectivity index (χ3n) is 2.22. The molecule has 0 spiro atoms. The number of hydrazine groups is 1. The van der Waals surface area contributed by atoms with Crippen molar-refractivity contribution in [3.8, 4) is 0 Å². The van der Waals surface area contributed by atoms with Crippen molar-refractivity contribution in [3.63, 3.8) is 0 Å². The maximum Gasteiger partial charge on any atom is 0.0792 e. The molecule has 0 saturated carbocycles. The zero-order valence-corrected chi connectivity index (χ0v) is 7.14. The predicted octanol–water partition coefficient (Wildman–Crippen LogP) is -1.16. The van der Waals surface area contributed by atoms with Gasteiger partial charge in [0.1, 0.15) is 0 Å². The molecule has 2 rings (SSSR count). The van der Waals surface area contributed by atoms with Crippen molar-refractivity contribution in [2.45, 2.75) is 18.2 Å². The number of aromatic nitrogens is 1. The van der Waals surface area contributed by atoms with E-state index in [4.69, 9.17) is 11.5 Å². The van der Waals surface area contributed by atoms with Crippen LogP contribution in [0.3, 0.4) is 0 Å². The zero-order valence-electron chi connectivity index (χ0n) is 7.14. The summed E-state index contributed by atoms with van der Waals surface area (Å²) in [6.07, 6.45) is 1.39. The maximum atomic E-state index is 5.81. The van der Waals surface area contributed by atoms with Gasteiger partial charge in [0.05, 0.1) is 18.2 Å². The van der Waals surface area contributed by atoms with E-state index in [-0.39, 0.29) is 18.2 Å². The Morgan fingerprint density at radius 2 is 1.85 bits per heavy atom. The molecule has 1 aromatic rings. The molecule has 0 aromatic carbocycles. The van der Waals surface area contributed by atoms with Crippen molar-refractivity contribution < 1.29 is 0 Å². The van der Waals surface area contributed by atoms with Gasteiger partial charge in [-0.2, -0.15) is 0 Å². The molecule has 0 radical (unpaired) electrons. The number of rotatable bonds is 1. The van der Waals surface area contributed by atoms with E-state index >= 15 is 0 Å². The standard InChI is InChI=1S/C8H13N5/c9-7-6(8(10)13-12-7)5-3-1-2-4-11-5/h1-4,6-8,12-13H,9-10H2. The van der Waals surface area contributed by atoms with Gasteiger partial charge in [0.25, 0.3) is 0 Å². The van der Waals surface area contributed by atoms with Crippen molar-refractivity contribution >= 4 is 0 Å². The van der Waals surface area contributed by atoms with Crippen molar-refractivity contribution in [2.75, 3.05) is 0 Å². The number of hydrogen-bond donors (Lipinski definition) is 4. The van der Waals surface area contributed by atoms with Crippen molar-refractivity contribution in [2.24, 2.45) is 11.5 Å². The number of nitrogens with two attached hydrogens (primary N) is 2. The molecular weight excluding hydrogens is 166 g/mol. The highest BCUT2D eigenvalue weighted by molar-refractivity contribution is 5.15. The Hall–Kier alpha value is -1.01. The van der Waals surface area contributed by atoms with Crippen molar-refractivity contribution in [3.05, 3.63) is 30.1 Å². The third kappa shape index (κ3) is 1.54. The lowest BCUT2D eigenvalue weighted by Crippen LogP contribution is -2.39. The molecule has 0 aliphatic carbocycles. The first kappa shape index (κ1) is 8.58. The summed E-state index contributed by atoms with van der Waals surface area (Å²) < 4.78 is 0. The topological polar surface area (TPSA) is 89.0 Å². The van der Waals surface area contributed by atoms with Gasteiger partial charge < -0.3 is 11.5 Å². The Bertz CT molecular complexity index is 265. The van der Waals surface area contributed by atoms with Gasteiger partial charge in [-0.25, -0.2) is 10.9 Å². The van der Waals surface area contributed by atoms with Crippen LogP contribution in [0.25, 0.3) is 0 Å². The molecule has 2 atom stereocenters. The van der Waals surface area contributed by atoms with Crippen LogP contribution in [0.2, 0.25) is 0 Å². The quantitative estimate of drug-likeness (QED) is 0.437. The predicted molar refractivity (Wildman–Crippen MR) is 49.2 cm³/mol. The Balaban J connectivity index is 2.25. The lowest BCUT2D eigenvalue weighted by molar-refractivity contribution is 0.531. The average molecular weight is 179 g/mol. The van der Waals surface area contributed by atoms with E-state index in [9.17, 15) is 0 Å². The monoisotopic (exact) mass is 179 g/mol. The molecule has 1 saturated heterocycles. The van der Waals surface area contributed by atoms with E-state index in [0.717, 1.165) is 5.69 Å². The van der Waals surface area contributed by atoms with E-state index in [0.29, 0.717) is 0 Å². The third-order valence-corrected chi connectivity index (χ3v) is 2.22. The summed E-state index contributed by atoms with van der Waals surface area (Å²) in [5.74, 6) is 0.0289. The summed E-state index contributed by atoms with van der Waals surface area (Å²) in [6.45, 7) is 0. The van der Waals surface area contributed by atoms with Crippen molar-refractivity contribution in [1.29, 1.82) is 0 Å². The van der Waals surface area contributed by atoms with Crippen LogP contribution in [0.1, 0.15) is 11.6 Å². The van der Waals surface area contributed by atoms with Gasteiger partial charge in [0.2, 0.25) is 0 Å². The SMILES string of the molecule is NC1NNC(N)C1c1ccccn1. The van der Waals surface area contributed by atoms with Crippen LogP contribution in [0.15, 0.2) is 24.4 Å². The molecule has 0 amide bonds. The number of nitrogens with zero attached hydrogens (tertiary/aromatic N) is 1. The van der Waals surface area contributed by atoms with E-state index in [1.54, 1.807) is 6.20 Å². The molecule has 6 N–H and O–H groups in total. The number of nitrogens with one attached hydrogen (secondary N) is 2. The summed E-state index contributed by atoms with van der Waals surface area (Å²) in [5.41, 5.74) is 18.3. The lowest BCUT2D eigenvalue weighted by Gasteiger charge is -2.16. The molecule has 2 heterocycles. The van der Waals surface area contributed by atoms with E-state index in [2.05, 4.69) is 15.8 Å². The molecule has 0 bridgehead atoms. The highest BCUT2D eigenvalue weighted by Gasteiger charge is 2.32. The number of pyridine rings is 1. The Morgan fingerprint density at radius 1 is 1.15 bits per heavy atom. The van der Waals surface area contributed by atoms with Crippen LogP contribution in [0.5, 0.6) is 0 Å². The van der Waals surface area contributed by atoms with Gasteiger partial charge >= 0.3 is 0 Å². The Labute approximate surface area is 76.5 Å². The largest absolute Gasteiger partial charge is 0.314 e. The highest BCUT2D eigenvalue weighted by atomic mass is 15.5. The van der Waals surface area contributed by atoms with Crippen LogP contribution in [-0.2, 0) is 0 Å². The van der Waals surface area contributed by atoms with Crippen LogP contribution in [0.4, 0.5) is 0 Å². The molecule has 1 fully saturated rings. The first-order valence-corrected chi connectivity index (χ1v) is 4.22. The van der Waals surface area contributed by atoms with Crippen LogP contribution >= 0.6 is 0 Å². The zero-order chi connectivity index (χ0) is 9.26. The maximum absolute atomic E-state index is 5.81. The molecule has 5 heteroatoms. The second kappa shape index (κ2) is 3.39. The van der Waals surface area contributed by atoms with Gasteiger partial charge in [0, 0.05) is 11.9 Å². The Kier molecular flexibility index (Phi) is 2.24. The molecule has 1 aliphatic heterocycles. The minimum Gasteiger partial charge on any atom is -0.314 e. The van der Waals surface area contributed by atoms with Gasteiger partial charge in [-0.3, -0.25) is 4.98 Å². The van der Waals surface area contributed by atoms with Gasteiger partial charge in [-0.05, 0) is 12.1 Å². The fourth-order valence-corrected chi connectivity index (χ4v) is 1.54. The van der Waals surface area contributed by atoms with Crippen LogP contribution in [-0.4, -0.2) is 17.3 Å². The molecule has 5 nitrogen and oxygen atoms in total. The molecule has 13 heavy (non-hydrogen) atoms. The normalized spacial score (nSPS) is 33.5. The molecule has 70 valence electrons. The second-order valence-corrected chi connectivity index (χ2v) is 3.12. The minimum absolute atomic E-state index is 0.0289. The van der Waals surface area contributed by atoms with Gasteiger partial charge in [0.15, 0.2) is 0 Å². The van der Waals surface area contributed by atoms with Crippen LogP contribution in [0, 0.1) is 0 Å². The first-order valence-electron chi connectivity index (χ1n) is 4.22. The van der Waals surface area contributed by atoms with E-state index < -0.39 is 0 Å². The summed E-state index contributed by atoms with van der Waals surface area (Å²) in [7, 11) is 0. The lowest BCUT2D eigenvalue weighted by atomic mass is 10.0.